The molecule has 0 spiro atoms. The van der Waals surface area contributed by atoms with Gasteiger partial charge in [-0.25, -0.2) is 9.59 Å². The Hall–Kier alpha value is -2.10. The Bertz CT molecular complexity index is 699. The zero-order valence-corrected chi connectivity index (χ0v) is 18.5. The topological polar surface area (TPSA) is 122 Å². The Morgan fingerprint density at radius 3 is 2.26 bits per heavy atom. The number of imide groups is 1. The van der Waals surface area contributed by atoms with Crippen LogP contribution < -0.4 is 10.6 Å². The van der Waals surface area contributed by atoms with Gasteiger partial charge in [-0.2, -0.15) is 11.8 Å². The molecule has 0 unspecified atom stereocenters. The molecule has 10 heteroatoms. The summed E-state index contributed by atoms with van der Waals surface area (Å²) in [6.07, 6.45) is 7.46. The third-order valence-electron chi connectivity index (χ3n) is 5.92. The molecule has 0 aromatic heterocycles. The monoisotopic (exact) mass is 453 g/mol. The smallest absolute Gasteiger partial charge is 0.332 e. The molecule has 9 nitrogen and oxygen atoms in total. The van der Waals surface area contributed by atoms with Gasteiger partial charge in [-0.3, -0.25) is 14.4 Å². The van der Waals surface area contributed by atoms with Gasteiger partial charge in [-0.15, -0.1) is 5.06 Å². The van der Waals surface area contributed by atoms with E-state index in [1.807, 2.05) is 11.8 Å². The highest BCUT2D eigenvalue weighted by Gasteiger charge is 2.42. The van der Waals surface area contributed by atoms with Crippen molar-refractivity contribution >= 4 is 41.4 Å². The van der Waals surface area contributed by atoms with Crippen LogP contribution in [0.5, 0.6) is 0 Å². The molecule has 3 aliphatic heterocycles. The Balaban J connectivity index is 1.15. The highest BCUT2D eigenvalue weighted by atomic mass is 32.2. The zero-order chi connectivity index (χ0) is 22.2. The Labute approximate surface area is 186 Å². The second kappa shape index (κ2) is 11.5. The van der Waals surface area contributed by atoms with Crippen LogP contribution in [0.25, 0.3) is 0 Å². The van der Waals surface area contributed by atoms with Gasteiger partial charge in [0.15, 0.2) is 0 Å². The number of fused-ring (bicyclic) bond motifs is 1. The molecule has 0 radical (unpaired) electrons. The van der Waals surface area contributed by atoms with Gasteiger partial charge in [0.05, 0.1) is 12.1 Å². The van der Waals surface area contributed by atoms with Gasteiger partial charge in [0.25, 0.3) is 11.8 Å². The maximum absolute atomic E-state index is 12.0. The molecule has 4 amide bonds. The minimum atomic E-state index is -0.570. The number of hydrogen-bond acceptors (Lipinski definition) is 7. The van der Waals surface area contributed by atoms with Crippen molar-refractivity contribution < 1.29 is 28.8 Å². The summed E-state index contributed by atoms with van der Waals surface area (Å²) in [6, 6.07) is 0.405. The van der Waals surface area contributed by atoms with Crippen molar-refractivity contribution in [3.63, 3.8) is 0 Å². The second-order valence-corrected chi connectivity index (χ2v) is 9.64. The summed E-state index contributed by atoms with van der Waals surface area (Å²) in [5.74, 6) is -0.271. The third-order valence-corrected chi connectivity index (χ3v) is 7.43. The Morgan fingerprint density at radius 1 is 0.903 bits per heavy atom. The van der Waals surface area contributed by atoms with Crippen LogP contribution in [0.1, 0.15) is 77.0 Å². The van der Waals surface area contributed by atoms with E-state index < -0.39 is 17.8 Å². The van der Waals surface area contributed by atoms with Crippen molar-refractivity contribution in [3.8, 4) is 0 Å². The van der Waals surface area contributed by atoms with Crippen LogP contribution in [0, 0.1) is 0 Å². The summed E-state index contributed by atoms with van der Waals surface area (Å²) < 4.78 is 0. The van der Waals surface area contributed by atoms with Crippen LogP contribution in [0.15, 0.2) is 0 Å². The average Bonchev–Trinajstić information content (AvgIpc) is 3.38. The van der Waals surface area contributed by atoms with Crippen molar-refractivity contribution in [2.75, 3.05) is 5.75 Å². The standard InChI is InChI=1S/C21H31N3O6S/c25-14(8-5-6-9-16-20-15(13-31-16)22-21(29)23-20)7-3-1-2-4-10-19(28)30-24-17(26)11-12-18(24)27/h15-16,20H,1-13H2,(H2,22,23,29)/t15-,16-,20-/m0/s1. The lowest BCUT2D eigenvalue weighted by Crippen LogP contribution is -2.36. The van der Waals surface area contributed by atoms with Gasteiger partial charge < -0.3 is 15.5 Å². The summed E-state index contributed by atoms with van der Waals surface area (Å²) in [6.45, 7) is 0. The molecule has 3 saturated heterocycles. The number of carbonyl (C=O) groups is 5. The zero-order valence-electron chi connectivity index (χ0n) is 17.7. The number of hydrogen-bond donors (Lipinski definition) is 2. The number of urea groups is 1. The van der Waals surface area contributed by atoms with E-state index in [0.717, 1.165) is 44.3 Å². The SMILES string of the molecule is O=C(CCCCCCC(=O)ON1C(=O)CCC1=O)CCCC[C@@H]1SC[C@@H]2NC(=O)N[C@@H]21. The number of thioether (sulfide) groups is 1. The van der Waals surface area contributed by atoms with Crippen LogP contribution in [0.3, 0.4) is 0 Å². The minimum Gasteiger partial charge on any atom is -0.332 e. The van der Waals surface area contributed by atoms with Crippen LogP contribution in [-0.4, -0.2) is 57.7 Å². The van der Waals surface area contributed by atoms with Crippen LogP contribution in [-0.2, 0) is 24.0 Å². The average molecular weight is 454 g/mol. The van der Waals surface area contributed by atoms with E-state index in [1.165, 1.54) is 0 Å². The molecular weight excluding hydrogens is 422 g/mol. The Kier molecular flexibility index (Phi) is 8.74. The normalized spacial score (nSPS) is 24.8. The fourth-order valence-corrected chi connectivity index (χ4v) is 5.73. The molecule has 2 N–H and O–H groups in total. The molecule has 0 bridgehead atoms. The van der Waals surface area contributed by atoms with Gasteiger partial charge in [0.2, 0.25) is 0 Å². The van der Waals surface area contributed by atoms with Gasteiger partial charge in [0, 0.05) is 43.1 Å². The maximum atomic E-state index is 12.0. The van der Waals surface area contributed by atoms with Crippen molar-refractivity contribution in [3.05, 3.63) is 0 Å². The molecule has 0 aromatic rings. The number of hydroxylamine groups is 2. The molecule has 3 fully saturated rings. The number of amides is 4. The predicted molar refractivity (Wildman–Crippen MR) is 114 cm³/mol. The molecule has 3 heterocycles. The van der Waals surface area contributed by atoms with E-state index in [0.29, 0.717) is 29.6 Å². The minimum absolute atomic E-state index is 0.0656. The summed E-state index contributed by atoms with van der Waals surface area (Å²) in [4.78, 5) is 62.7. The quantitative estimate of drug-likeness (QED) is 0.249. The van der Waals surface area contributed by atoms with E-state index in [-0.39, 0.29) is 43.2 Å². The number of rotatable bonds is 13. The first-order chi connectivity index (χ1) is 14.9. The largest absolute Gasteiger partial charge is 0.333 e. The van der Waals surface area contributed by atoms with E-state index in [2.05, 4.69) is 10.6 Å². The Morgan fingerprint density at radius 2 is 1.55 bits per heavy atom. The molecular formula is C21H31N3O6S. The number of Topliss-reactive ketones (excluding diaryl/α,β-unsaturated/α-hetero) is 1. The highest BCUT2D eigenvalue weighted by molar-refractivity contribution is 8.00. The van der Waals surface area contributed by atoms with Crippen molar-refractivity contribution in [2.24, 2.45) is 0 Å². The fourth-order valence-electron chi connectivity index (χ4n) is 4.19. The van der Waals surface area contributed by atoms with Crippen molar-refractivity contribution in [1.82, 2.24) is 15.7 Å². The first-order valence-electron chi connectivity index (χ1n) is 11.2. The van der Waals surface area contributed by atoms with E-state index in [9.17, 15) is 24.0 Å². The summed E-state index contributed by atoms with van der Waals surface area (Å²) >= 11 is 1.90. The van der Waals surface area contributed by atoms with Gasteiger partial charge in [-0.1, -0.05) is 19.3 Å². The van der Waals surface area contributed by atoms with Gasteiger partial charge in [0.1, 0.15) is 5.78 Å². The van der Waals surface area contributed by atoms with Crippen molar-refractivity contribution in [2.45, 2.75) is 94.4 Å². The summed E-state index contributed by atoms with van der Waals surface area (Å²) in [5, 5.41) is 6.94. The summed E-state index contributed by atoms with van der Waals surface area (Å²) in [7, 11) is 0. The maximum Gasteiger partial charge on any atom is 0.333 e. The first kappa shape index (κ1) is 23.6. The van der Waals surface area contributed by atoms with Crippen LogP contribution >= 0.6 is 11.8 Å². The lowest BCUT2D eigenvalue weighted by molar-refractivity contribution is -0.197. The highest BCUT2D eigenvalue weighted by Crippen LogP contribution is 2.33. The molecule has 0 aromatic carbocycles. The van der Waals surface area contributed by atoms with Gasteiger partial charge in [-0.05, 0) is 25.7 Å². The molecule has 3 rings (SSSR count). The van der Waals surface area contributed by atoms with E-state index in [1.54, 1.807) is 0 Å². The second-order valence-electron chi connectivity index (χ2n) is 8.37. The number of nitrogens with zero attached hydrogens (tertiary/aromatic N) is 1. The predicted octanol–water partition coefficient (Wildman–Crippen LogP) is 2.23. The number of ketones is 1. The van der Waals surface area contributed by atoms with Crippen molar-refractivity contribution in [1.29, 1.82) is 0 Å². The third kappa shape index (κ3) is 6.95. The van der Waals surface area contributed by atoms with Crippen LogP contribution in [0.2, 0.25) is 0 Å². The number of nitrogens with one attached hydrogen (secondary N) is 2. The number of unbranched alkanes of at least 4 members (excludes halogenated alkanes) is 4. The summed E-state index contributed by atoms with van der Waals surface area (Å²) in [5.41, 5.74) is 0. The fraction of sp³-hybridized carbons (Fsp3) is 0.762. The molecule has 3 aliphatic rings. The lowest BCUT2D eigenvalue weighted by Gasteiger charge is -2.16. The first-order valence-corrected chi connectivity index (χ1v) is 12.3. The lowest BCUT2D eigenvalue weighted by atomic mass is 10.0. The van der Waals surface area contributed by atoms with Crippen LogP contribution in [0.4, 0.5) is 4.79 Å². The van der Waals surface area contributed by atoms with Gasteiger partial charge >= 0.3 is 12.0 Å². The molecule has 31 heavy (non-hydrogen) atoms. The molecule has 3 atom stereocenters. The van der Waals surface area contributed by atoms with E-state index in [4.69, 9.17) is 4.84 Å². The molecule has 0 saturated carbocycles. The molecule has 0 aliphatic carbocycles. The number of carbonyl (C=O) groups excluding carboxylic acids is 5. The molecule has 172 valence electrons. The van der Waals surface area contributed by atoms with E-state index >= 15 is 0 Å².